The van der Waals surface area contributed by atoms with E-state index in [0.717, 1.165) is 5.56 Å². The number of nitrogens with zero attached hydrogens (tertiary/aromatic N) is 1. The second-order valence-corrected chi connectivity index (χ2v) is 6.88. The standard InChI is InChI=1S/C21H20N2O6/c24-19(22-16-6-7-17-18(9-16)29-13-28-17)12-27-21(26)15-8-20(25)23(11-15)10-14-4-2-1-3-5-14/h1-7,9,15H,8,10-13H2,(H,22,24)/t15-/m0/s1. The lowest BCUT2D eigenvalue weighted by molar-refractivity contribution is -0.151. The molecule has 0 spiro atoms. The molecular formula is C21H20N2O6. The number of hydrogen-bond donors (Lipinski definition) is 1. The maximum absolute atomic E-state index is 12.3. The smallest absolute Gasteiger partial charge is 0.311 e. The number of fused-ring (bicyclic) bond motifs is 1. The van der Waals surface area contributed by atoms with Gasteiger partial charge in [0, 0.05) is 31.3 Å². The fourth-order valence-electron chi connectivity index (χ4n) is 3.31. The number of carbonyl (C=O) groups excluding carboxylic acids is 3. The summed E-state index contributed by atoms with van der Waals surface area (Å²) in [6, 6.07) is 14.6. The summed E-state index contributed by atoms with van der Waals surface area (Å²) in [5.74, 6) is -0.522. The zero-order valence-electron chi connectivity index (χ0n) is 15.6. The molecule has 2 amide bonds. The van der Waals surface area contributed by atoms with Gasteiger partial charge in [-0.05, 0) is 17.7 Å². The molecule has 150 valence electrons. The third kappa shape index (κ3) is 4.48. The second kappa shape index (κ2) is 8.22. The number of rotatable bonds is 6. The molecule has 0 unspecified atom stereocenters. The van der Waals surface area contributed by atoms with Gasteiger partial charge in [-0.25, -0.2) is 0 Å². The van der Waals surface area contributed by atoms with E-state index < -0.39 is 24.4 Å². The van der Waals surface area contributed by atoms with Gasteiger partial charge in [-0.15, -0.1) is 0 Å². The molecule has 1 atom stereocenters. The Bertz CT molecular complexity index is 930. The predicted molar refractivity (Wildman–Crippen MR) is 102 cm³/mol. The zero-order chi connectivity index (χ0) is 20.2. The first-order chi connectivity index (χ1) is 14.1. The summed E-state index contributed by atoms with van der Waals surface area (Å²) in [4.78, 5) is 38.2. The van der Waals surface area contributed by atoms with Gasteiger partial charge < -0.3 is 24.4 Å². The van der Waals surface area contributed by atoms with Crippen LogP contribution in [-0.4, -0.2) is 42.6 Å². The lowest BCUT2D eigenvalue weighted by atomic mass is 10.1. The number of likely N-dealkylation sites (tertiary alicyclic amines) is 1. The van der Waals surface area contributed by atoms with Crippen molar-refractivity contribution < 1.29 is 28.6 Å². The highest BCUT2D eigenvalue weighted by Gasteiger charge is 2.35. The number of carbonyl (C=O) groups is 3. The lowest BCUT2D eigenvalue weighted by Gasteiger charge is -2.16. The average molecular weight is 396 g/mol. The quantitative estimate of drug-likeness (QED) is 0.750. The van der Waals surface area contributed by atoms with E-state index in [4.69, 9.17) is 14.2 Å². The number of hydrogen-bond acceptors (Lipinski definition) is 6. The van der Waals surface area contributed by atoms with Crippen molar-refractivity contribution in [3.63, 3.8) is 0 Å². The first-order valence-electron chi connectivity index (χ1n) is 9.26. The van der Waals surface area contributed by atoms with E-state index in [1.807, 2.05) is 30.3 Å². The summed E-state index contributed by atoms with van der Waals surface area (Å²) in [5.41, 5.74) is 1.51. The molecular weight excluding hydrogens is 376 g/mol. The van der Waals surface area contributed by atoms with Crippen LogP contribution in [0.1, 0.15) is 12.0 Å². The highest BCUT2D eigenvalue weighted by molar-refractivity contribution is 5.94. The zero-order valence-corrected chi connectivity index (χ0v) is 15.6. The Hall–Kier alpha value is -3.55. The van der Waals surface area contributed by atoms with E-state index in [-0.39, 0.29) is 25.7 Å². The Kier molecular flexibility index (Phi) is 5.33. The average Bonchev–Trinajstić information content (AvgIpc) is 3.33. The lowest BCUT2D eigenvalue weighted by Crippen LogP contribution is -2.28. The van der Waals surface area contributed by atoms with E-state index in [0.29, 0.717) is 23.7 Å². The first-order valence-corrected chi connectivity index (χ1v) is 9.26. The molecule has 1 fully saturated rings. The van der Waals surface area contributed by atoms with Crippen molar-refractivity contribution >= 4 is 23.5 Å². The summed E-state index contributed by atoms with van der Waals surface area (Å²) in [6.45, 7) is 0.465. The SMILES string of the molecule is O=C(COC(=O)[C@H]1CC(=O)N(Cc2ccccc2)C1)Nc1ccc2c(c1)OCO2. The number of anilines is 1. The van der Waals surface area contributed by atoms with Crippen LogP contribution in [0.4, 0.5) is 5.69 Å². The Labute approximate surface area is 167 Å². The van der Waals surface area contributed by atoms with Crippen LogP contribution >= 0.6 is 0 Å². The van der Waals surface area contributed by atoms with Crippen LogP contribution in [0.3, 0.4) is 0 Å². The first kappa shape index (κ1) is 18.8. The van der Waals surface area contributed by atoms with Crippen LogP contribution in [0, 0.1) is 5.92 Å². The number of amides is 2. The van der Waals surface area contributed by atoms with Crippen molar-refractivity contribution in [1.29, 1.82) is 0 Å². The van der Waals surface area contributed by atoms with Crippen molar-refractivity contribution in [2.24, 2.45) is 5.92 Å². The van der Waals surface area contributed by atoms with E-state index >= 15 is 0 Å². The van der Waals surface area contributed by atoms with E-state index in [1.54, 1.807) is 23.1 Å². The van der Waals surface area contributed by atoms with Gasteiger partial charge >= 0.3 is 5.97 Å². The molecule has 2 aromatic carbocycles. The molecule has 8 nitrogen and oxygen atoms in total. The van der Waals surface area contributed by atoms with Gasteiger partial charge in [-0.3, -0.25) is 14.4 Å². The number of ether oxygens (including phenoxy) is 3. The molecule has 2 heterocycles. The minimum absolute atomic E-state index is 0.0927. The fraction of sp³-hybridized carbons (Fsp3) is 0.286. The normalized spacial score (nSPS) is 17.3. The third-order valence-corrected chi connectivity index (χ3v) is 4.77. The van der Waals surface area contributed by atoms with Crippen molar-refractivity contribution in [2.75, 3.05) is 25.3 Å². The monoisotopic (exact) mass is 396 g/mol. The number of benzene rings is 2. The van der Waals surface area contributed by atoms with Crippen molar-refractivity contribution in [3.8, 4) is 11.5 Å². The Morgan fingerprint density at radius 2 is 1.90 bits per heavy atom. The van der Waals surface area contributed by atoms with E-state index in [9.17, 15) is 14.4 Å². The van der Waals surface area contributed by atoms with Gasteiger partial charge in [-0.1, -0.05) is 30.3 Å². The molecule has 1 N–H and O–H groups in total. The molecule has 2 aliphatic rings. The Morgan fingerprint density at radius 1 is 1.10 bits per heavy atom. The van der Waals surface area contributed by atoms with Crippen LogP contribution in [0.25, 0.3) is 0 Å². The molecule has 0 saturated carbocycles. The van der Waals surface area contributed by atoms with Gasteiger partial charge in [0.05, 0.1) is 5.92 Å². The summed E-state index contributed by atoms with van der Waals surface area (Å²) < 4.78 is 15.6. The van der Waals surface area contributed by atoms with Crippen LogP contribution in [0.15, 0.2) is 48.5 Å². The molecule has 4 rings (SSSR count). The van der Waals surface area contributed by atoms with E-state index in [2.05, 4.69) is 5.32 Å². The van der Waals surface area contributed by atoms with Crippen LogP contribution in [0.2, 0.25) is 0 Å². The van der Waals surface area contributed by atoms with Crippen molar-refractivity contribution in [3.05, 3.63) is 54.1 Å². The Balaban J connectivity index is 1.25. The topological polar surface area (TPSA) is 94.2 Å². The summed E-state index contributed by atoms with van der Waals surface area (Å²) >= 11 is 0. The van der Waals surface area contributed by atoms with Crippen molar-refractivity contribution in [2.45, 2.75) is 13.0 Å². The maximum Gasteiger partial charge on any atom is 0.311 e. The molecule has 0 bridgehead atoms. The summed E-state index contributed by atoms with van der Waals surface area (Å²) in [6.07, 6.45) is 0.0927. The number of esters is 1. The molecule has 0 aromatic heterocycles. The highest BCUT2D eigenvalue weighted by atomic mass is 16.7. The van der Waals surface area contributed by atoms with Gasteiger partial charge in [0.2, 0.25) is 12.7 Å². The molecule has 0 aliphatic carbocycles. The predicted octanol–water partition coefficient (Wildman–Crippen LogP) is 1.95. The number of nitrogens with one attached hydrogen (secondary N) is 1. The van der Waals surface area contributed by atoms with Gasteiger partial charge in [-0.2, -0.15) is 0 Å². The van der Waals surface area contributed by atoms with Gasteiger partial charge in [0.15, 0.2) is 18.1 Å². The van der Waals surface area contributed by atoms with Gasteiger partial charge in [0.25, 0.3) is 5.91 Å². The summed E-state index contributed by atoms with van der Waals surface area (Å²) in [7, 11) is 0. The molecule has 2 aliphatic heterocycles. The molecule has 2 aromatic rings. The second-order valence-electron chi connectivity index (χ2n) is 6.88. The van der Waals surface area contributed by atoms with Crippen molar-refractivity contribution in [1.82, 2.24) is 4.90 Å². The van der Waals surface area contributed by atoms with Crippen LogP contribution < -0.4 is 14.8 Å². The van der Waals surface area contributed by atoms with Crippen LogP contribution in [0.5, 0.6) is 11.5 Å². The van der Waals surface area contributed by atoms with E-state index in [1.165, 1.54) is 0 Å². The molecule has 0 radical (unpaired) electrons. The van der Waals surface area contributed by atoms with Crippen LogP contribution in [-0.2, 0) is 25.7 Å². The molecule has 29 heavy (non-hydrogen) atoms. The largest absolute Gasteiger partial charge is 0.455 e. The minimum Gasteiger partial charge on any atom is -0.455 e. The minimum atomic E-state index is -0.565. The molecule has 8 heteroatoms. The third-order valence-electron chi connectivity index (χ3n) is 4.77. The highest BCUT2D eigenvalue weighted by Crippen LogP contribution is 2.34. The maximum atomic E-state index is 12.3. The molecule has 1 saturated heterocycles. The Morgan fingerprint density at radius 3 is 2.72 bits per heavy atom. The summed E-state index contributed by atoms with van der Waals surface area (Å²) in [5, 5.41) is 2.64. The fourth-order valence-corrected chi connectivity index (χ4v) is 3.31. The van der Waals surface area contributed by atoms with Gasteiger partial charge in [0.1, 0.15) is 0 Å².